The zero-order chi connectivity index (χ0) is 15.9. The number of carbonyl (C=O) groups is 1. The fourth-order valence-corrected chi connectivity index (χ4v) is 3.87. The summed E-state index contributed by atoms with van der Waals surface area (Å²) in [4.78, 5) is 21.0. The first kappa shape index (κ1) is 16.4. The Bertz CT molecular complexity index is 477. The number of rotatable bonds is 5. The predicted molar refractivity (Wildman–Crippen MR) is 92.2 cm³/mol. The molecule has 1 aliphatic carbocycles. The Hall–Kier alpha value is -1.42. The minimum Gasteiger partial charge on any atom is -0.340 e. The van der Waals surface area contributed by atoms with E-state index in [1.807, 2.05) is 12.1 Å². The van der Waals surface area contributed by atoms with E-state index < -0.39 is 0 Å². The summed E-state index contributed by atoms with van der Waals surface area (Å²) in [5, 5.41) is 0. The summed E-state index contributed by atoms with van der Waals surface area (Å²) in [6, 6.07) is 3.99. The van der Waals surface area contributed by atoms with E-state index in [9.17, 15) is 4.79 Å². The summed E-state index contributed by atoms with van der Waals surface area (Å²) >= 11 is 0. The van der Waals surface area contributed by atoms with E-state index in [2.05, 4.69) is 14.8 Å². The molecule has 0 radical (unpaired) electrons. The summed E-state index contributed by atoms with van der Waals surface area (Å²) in [6.45, 7) is 5.16. The van der Waals surface area contributed by atoms with Crippen molar-refractivity contribution in [1.29, 1.82) is 0 Å². The molecule has 3 rings (SSSR count). The molecule has 23 heavy (non-hydrogen) atoms. The molecule has 0 unspecified atom stereocenters. The molecule has 2 heterocycles. The molecular formula is C19H29N3O. The largest absolute Gasteiger partial charge is 0.340 e. The van der Waals surface area contributed by atoms with Crippen LogP contribution in [0.1, 0.15) is 44.1 Å². The van der Waals surface area contributed by atoms with Gasteiger partial charge in [0.25, 0.3) is 0 Å². The first-order valence-corrected chi connectivity index (χ1v) is 9.20. The monoisotopic (exact) mass is 315 g/mol. The molecule has 1 saturated heterocycles. The van der Waals surface area contributed by atoms with Crippen LogP contribution in [0.25, 0.3) is 0 Å². The molecule has 0 atom stereocenters. The number of amides is 1. The highest BCUT2D eigenvalue weighted by Crippen LogP contribution is 2.24. The Morgan fingerprint density at radius 3 is 2.43 bits per heavy atom. The van der Waals surface area contributed by atoms with Gasteiger partial charge in [0, 0.05) is 51.5 Å². The molecule has 1 aliphatic heterocycles. The highest BCUT2D eigenvalue weighted by molar-refractivity contribution is 5.76. The first-order valence-electron chi connectivity index (χ1n) is 9.20. The van der Waals surface area contributed by atoms with Gasteiger partial charge in [-0.15, -0.1) is 0 Å². The third-order valence-electron chi connectivity index (χ3n) is 5.34. The third-order valence-corrected chi connectivity index (χ3v) is 5.34. The first-order chi connectivity index (χ1) is 11.3. The van der Waals surface area contributed by atoms with Crippen molar-refractivity contribution in [2.24, 2.45) is 5.92 Å². The average Bonchev–Trinajstić information content (AvgIpc) is 2.62. The molecule has 4 nitrogen and oxygen atoms in total. The number of nitrogens with zero attached hydrogens (tertiary/aromatic N) is 3. The van der Waals surface area contributed by atoms with Crippen LogP contribution < -0.4 is 0 Å². The quantitative estimate of drug-likeness (QED) is 0.838. The molecule has 126 valence electrons. The number of aryl methyl sites for hydroxylation is 1. The SMILES string of the molecule is O=C(CCc1ccncc1)N1CCN(CC2CCCCC2)CC1. The molecular weight excluding hydrogens is 286 g/mol. The minimum absolute atomic E-state index is 0.305. The lowest BCUT2D eigenvalue weighted by Crippen LogP contribution is -2.49. The fourth-order valence-electron chi connectivity index (χ4n) is 3.87. The number of piperazine rings is 1. The van der Waals surface area contributed by atoms with E-state index in [4.69, 9.17) is 0 Å². The van der Waals surface area contributed by atoms with Gasteiger partial charge in [-0.1, -0.05) is 19.3 Å². The number of hydrogen-bond donors (Lipinski definition) is 0. The van der Waals surface area contributed by atoms with Gasteiger partial charge < -0.3 is 4.90 Å². The van der Waals surface area contributed by atoms with E-state index in [1.54, 1.807) is 12.4 Å². The van der Waals surface area contributed by atoms with Crippen molar-refractivity contribution in [3.63, 3.8) is 0 Å². The molecule has 4 heteroatoms. The number of pyridine rings is 1. The lowest BCUT2D eigenvalue weighted by Gasteiger charge is -2.37. The zero-order valence-corrected chi connectivity index (χ0v) is 14.1. The number of aromatic nitrogens is 1. The van der Waals surface area contributed by atoms with E-state index in [0.29, 0.717) is 12.3 Å². The normalized spacial score (nSPS) is 20.6. The Morgan fingerprint density at radius 1 is 1.04 bits per heavy atom. The van der Waals surface area contributed by atoms with Crippen LogP contribution >= 0.6 is 0 Å². The van der Waals surface area contributed by atoms with E-state index >= 15 is 0 Å². The van der Waals surface area contributed by atoms with Crippen molar-refractivity contribution in [1.82, 2.24) is 14.8 Å². The highest BCUT2D eigenvalue weighted by atomic mass is 16.2. The minimum atomic E-state index is 0.305. The van der Waals surface area contributed by atoms with Crippen molar-refractivity contribution >= 4 is 5.91 Å². The lowest BCUT2D eigenvalue weighted by molar-refractivity contribution is -0.133. The molecule has 2 aliphatic rings. The smallest absolute Gasteiger partial charge is 0.222 e. The number of hydrogen-bond acceptors (Lipinski definition) is 3. The second-order valence-corrected chi connectivity index (χ2v) is 7.04. The van der Waals surface area contributed by atoms with Crippen LogP contribution in [0, 0.1) is 5.92 Å². The van der Waals surface area contributed by atoms with Crippen LogP contribution in [-0.2, 0) is 11.2 Å². The summed E-state index contributed by atoms with van der Waals surface area (Å²) in [7, 11) is 0. The van der Waals surface area contributed by atoms with E-state index in [1.165, 1.54) is 44.2 Å². The van der Waals surface area contributed by atoms with Crippen molar-refractivity contribution in [2.45, 2.75) is 44.9 Å². The standard InChI is InChI=1S/C19H29N3O/c23-19(7-6-17-8-10-20-11-9-17)22-14-12-21(13-15-22)16-18-4-2-1-3-5-18/h8-11,18H,1-7,12-16H2. The van der Waals surface area contributed by atoms with E-state index in [-0.39, 0.29) is 0 Å². The molecule has 1 amide bonds. The van der Waals surface area contributed by atoms with Gasteiger partial charge in [0.1, 0.15) is 0 Å². The van der Waals surface area contributed by atoms with Crippen molar-refractivity contribution in [3.8, 4) is 0 Å². The summed E-state index contributed by atoms with van der Waals surface area (Å²) < 4.78 is 0. The van der Waals surface area contributed by atoms with Crippen LogP contribution in [0.2, 0.25) is 0 Å². The zero-order valence-electron chi connectivity index (χ0n) is 14.1. The fraction of sp³-hybridized carbons (Fsp3) is 0.684. The molecule has 1 aromatic heterocycles. The van der Waals surface area contributed by atoms with Crippen LogP contribution in [0.5, 0.6) is 0 Å². The Balaban J connectivity index is 1.37. The second kappa shape index (κ2) is 8.44. The molecule has 1 aromatic rings. The van der Waals surface area contributed by atoms with E-state index in [0.717, 1.165) is 38.5 Å². The van der Waals surface area contributed by atoms with Gasteiger partial charge in [-0.2, -0.15) is 0 Å². The van der Waals surface area contributed by atoms with Crippen molar-refractivity contribution in [3.05, 3.63) is 30.1 Å². The van der Waals surface area contributed by atoms with Gasteiger partial charge >= 0.3 is 0 Å². The topological polar surface area (TPSA) is 36.4 Å². The van der Waals surface area contributed by atoms with Crippen molar-refractivity contribution < 1.29 is 4.79 Å². The lowest BCUT2D eigenvalue weighted by atomic mass is 9.89. The maximum Gasteiger partial charge on any atom is 0.222 e. The molecule has 0 bridgehead atoms. The molecule has 2 fully saturated rings. The highest BCUT2D eigenvalue weighted by Gasteiger charge is 2.23. The van der Waals surface area contributed by atoms with Crippen LogP contribution in [-0.4, -0.2) is 53.4 Å². The van der Waals surface area contributed by atoms with Gasteiger partial charge in [0.2, 0.25) is 5.91 Å². The summed E-state index contributed by atoms with van der Waals surface area (Å²) in [6.07, 6.45) is 12.1. The number of carbonyl (C=O) groups excluding carboxylic acids is 1. The predicted octanol–water partition coefficient (Wildman–Crippen LogP) is 2.74. The molecule has 0 N–H and O–H groups in total. The van der Waals surface area contributed by atoms with Gasteiger partial charge in [-0.25, -0.2) is 0 Å². The average molecular weight is 315 g/mol. The summed E-state index contributed by atoms with van der Waals surface area (Å²) in [5.74, 6) is 1.21. The van der Waals surface area contributed by atoms with Gasteiger partial charge in [0.15, 0.2) is 0 Å². The third kappa shape index (κ3) is 5.03. The van der Waals surface area contributed by atoms with Gasteiger partial charge in [0.05, 0.1) is 0 Å². The van der Waals surface area contributed by atoms with Crippen LogP contribution in [0.4, 0.5) is 0 Å². The molecule has 0 spiro atoms. The Kier molecular flexibility index (Phi) is 6.03. The van der Waals surface area contributed by atoms with Crippen LogP contribution in [0.3, 0.4) is 0 Å². The van der Waals surface area contributed by atoms with Crippen molar-refractivity contribution in [2.75, 3.05) is 32.7 Å². The Morgan fingerprint density at radius 2 is 1.74 bits per heavy atom. The van der Waals surface area contributed by atoms with Gasteiger partial charge in [-0.05, 0) is 42.9 Å². The maximum atomic E-state index is 12.4. The maximum absolute atomic E-state index is 12.4. The Labute approximate surface area is 139 Å². The molecule has 1 saturated carbocycles. The van der Waals surface area contributed by atoms with Gasteiger partial charge in [-0.3, -0.25) is 14.7 Å². The second-order valence-electron chi connectivity index (χ2n) is 7.04. The molecule has 0 aromatic carbocycles. The van der Waals surface area contributed by atoms with Crippen LogP contribution in [0.15, 0.2) is 24.5 Å². The summed E-state index contributed by atoms with van der Waals surface area (Å²) in [5.41, 5.74) is 1.20.